The predicted octanol–water partition coefficient (Wildman–Crippen LogP) is 7.66. The van der Waals surface area contributed by atoms with Gasteiger partial charge in [0.1, 0.15) is 8.07 Å². The fourth-order valence-corrected chi connectivity index (χ4v) is 14.2. The van der Waals surface area contributed by atoms with Gasteiger partial charge in [-0.2, -0.15) is 0 Å². The molecular weight excluding hydrogens is 445 g/mol. The summed E-state index contributed by atoms with van der Waals surface area (Å²) >= 11 is 0. The summed E-state index contributed by atoms with van der Waals surface area (Å²) in [4.78, 5) is 0. The lowest BCUT2D eigenvalue weighted by molar-refractivity contribution is 1.20. The zero-order valence-corrected chi connectivity index (χ0v) is 24.3. The van der Waals surface area contributed by atoms with Gasteiger partial charge in [-0.3, -0.25) is 0 Å². The Bertz CT molecular complexity index is 987. The molecule has 172 valence electrons. The highest BCUT2D eigenvalue weighted by atomic mass is 28.3. The Morgan fingerprint density at radius 3 is 1.24 bits per heavy atom. The van der Waals surface area contributed by atoms with Gasteiger partial charge in [0.15, 0.2) is 0 Å². The van der Waals surface area contributed by atoms with E-state index in [-0.39, 0.29) is 0 Å². The second-order valence-corrected chi connectivity index (χ2v) is 27.5. The van der Waals surface area contributed by atoms with Gasteiger partial charge in [-0.1, -0.05) is 158 Å². The molecule has 0 spiro atoms. The maximum atomic E-state index is 2.66. The molecule has 33 heavy (non-hydrogen) atoms. The van der Waals surface area contributed by atoms with Gasteiger partial charge in [-0.05, 0) is 12.1 Å². The molecule has 0 saturated carbocycles. The third-order valence-corrected chi connectivity index (χ3v) is 15.2. The first kappa shape index (κ1) is 24.2. The van der Waals surface area contributed by atoms with Crippen LogP contribution >= 0.6 is 0 Å². The van der Waals surface area contributed by atoms with E-state index in [4.69, 9.17) is 0 Å². The van der Waals surface area contributed by atoms with Crippen molar-refractivity contribution in [3.05, 3.63) is 108 Å². The van der Waals surface area contributed by atoms with E-state index >= 15 is 0 Å². The minimum absolute atomic E-state index is 0.478. The molecule has 0 N–H and O–H groups in total. The summed E-state index contributed by atoms with van der Waals surface area (Å²) in [7, 11) is -4.54. The van der Waals surface area contributed by atoms with Crippen LogP contribution in [0.25, 0.3) is 0 Å². The van der Waals surface area contributed by atoms with Crippen molar-refractivity contribution in [2.24, 2.45) is 0 Å². The summed E-state index contributed by atoms with van der Waals surface area (Å²) < 4.78 is 0. The molecule has 0 heterocycles. The monoisotopic (exact) mass is 484 g/mol. The lowest BCUT2D eigenvalue weighted by Crippen LogP contribution is -2.63. The van der Waals surface area contributed by atoms with Crippen LogP contribution in [0.15, 0.2) is 108 Å². The molecule has 2 atom stereocenters. The lowest BCUT2D eigenvalue weighted by Gasteiger charge is -2.41. The number of hydrogen-bond acceptors (Lipinski definition) is 0. The van der Waals surface area contributed by atoms with Crippen LogP contribution in [0.3, 0.4) is 0 Å². The highest BCUT2D eigenvalue weighted by molar-refractivity contribution is 7.05. The topological polar surface area (TPSA) is 0 Å². The minimum Gasteiger partial charge on any atom is -0.0794 e. The highest BCUT2D eigenvalue weighted by Crippen LogP contribution is 2.44. The molecule has 0 bridgehead atoms. The maximum absolute atomic E-state index is 2.66. The first-order valence-electron chi connectivity index (χ1n) is 12.5. The van der Waals surface area contributed by atoms with Crippen molar-refractivity contribution in [1.29, 1.82) is 0 Å². The molecule has 0 nitrogen and oxygen atoms in total. The average molecular weight is 485 g/mol. The van der Waals surface area contributed by atoms with Crippen LogP contribution in [0.5, 0.6) is 0 Å². The van der Waals surface area contributed by atoms with Crippen LogP contribution in [0.1, 0.15) is 0 Å². The fourth-order valence-electron chi connectivity index (χ4n) is 5.75. The van der Waals surface area contributed by atoms with E-state index in [1.807, 2.05) is 0 Å². The van der Waals surface area contributed by atoms with E-state index in [2.05, 4.69) is 136 Å². The van der Waals surface area contributed by atoms with E-state index in [1.165, 1.54) is 12.1 Å². The minimum atomic E-state index is -2.21. The molecule has 0 aromatic heterocycles. The van der Waals surface area contributed by atoms with Crippen LogP contribution in [0.4, 0.5) is 0 Å². The molecule has 2 aromatic carbocycles. The van der Waals surface area contributed by atoms with Gasteiger partial charge in [0.05, 0.1) is 0 Å². The molecule has 2 unspecified atom stereocenters. The van der Waals surface area contributed by atoms with E-state index in [9.17, 15) is 0 Å². The Morgan fingerprint density at radius 1 is 0.545 bits per heavy atom. The Kier molecular flexibility index (Phi) is 6.86. The maximum Gasteiger partial charge on any atom is 0.138 e. The molecule has 0 amide bonds. The smallest absolute Gasteiger partial charge is 0.0794 e. The van der Waals surface area contributed by atoms with Crippen LogP contribution < -0.4 is 10.4 Å². The van der Waals surface area contributed by atoms with E-state index in [1.54, 1.807) is 21.5 Å². The summed E-state index contributed by atoms with van der Waals surface area (Å²) in [5.41, 5.74) is 4.09. The second kappa shape index (κ2) is 9.36. The van der Waals surface area contributed by atoms with Crippen LogP contribution in [0.2, 0.25) is 62.5 Å². The molecule has 0 saturated heterocycles. The van der Waals surface area contributed by atoms with E-state index in [0.717, 1.165) is 0 Å². The molecule has 2 aliphatic rings. The number of benzene rings is 2. The third-order valence-electron chi connectivity index (χ3n) is 6.85. The van der Waals surface area contributed by atoms with Crippen molar-refractivity contribution in [3.8, 4) is 0 Å². The van der Waals surface area contributed by atoms with Gasteiger partial charge in [-0.15, -0.1) is 0 Å². The van der Waals surface area contributed by atoms with Crippen molar-refractivity contribution in [2.45, 2.75) is 62.5 Å². The Labute approximate surface area is 204 Å². The van der Waals surface area contributed by atoms with Crippen molar-refractivity contribution >= 4 is 34.6 Å². The Morgan fingerprint density at radius 2 is 0.909 bits per heavy atom. The van der Waals surface area contributed by atoms with Gasteiger partial charge in [-0.25, -0.2) is 0 Å². The van der Waals surface area contributed by atoms with Crippen molar-refractivity contribution in [1.82, 2.24) is 0 Å². The summed E-state index contributed by atoms with van der Waals surface area (Å²) in [5.74, 6) is 0. The largest absolute Gasteiger partial charge is 0.138 e. The first-order chi connectivity index (χ1) is 15.6. The molecule has 0 fully saturated rings. The molecular formula is C30H40Si3. The fraction of sp³-hybridized carbons (Fsp3) is 0.333. The van der Waals surface area contributed by atoms with Crippen molar-refractivity contribution in [2.75, 3.05) is 0 Å². The van der Waals surface area contributed by atoms with Crippen LogP contribution in [-0.2, 0) is 0 Å². The SMILES string of the molecule is C[Si](C)(C)CC1=CC([Si](c2ccccc2)(c2ccccc2)C2C=CC(C[Si](C)(C)C)=C2)C=C1. The molecule has 0 aliphatic heterocycles. The van der Waals surface area contributed by atoms with Gasteiger partial charge < -0.3 is 0 Å². The van der Waals surface area contributed by atoms with Crippen LogP contribution in [-0.4, -0.2) is 24.2 Å². The predicted molar refractivity (Wildman–Crippen MR) is 156 cm³/mol. The second-order valence-electron chi connectivity index (χ2n) is 12.3. The highest BCUT2D eigenvalue weighted by Gasteiger charge is 2.49. The lowest BCUT2D eigenvalue weighted by atomic mass is 10.3. The van der Waals surface area contributed by atoms with Gasteiger partial charge >= 0.3 is 0 Å². The molecule has 4 rings (SSSR count). The molecule has 0 radical (unpaired) electrons. The van der Waals surface area contributed by atoms with Gasteiger partial charge in [0.25, 0.3) is 0 Å². The Hall–Kier alpha value is -1.95. The normalized spacial score (nSPS) is 20.8. The zero-order chi connectivity index (χ0) is 23.7. The molecule has 3 heteroatoms. The summed E-state index contributed by atoms with van der Waals surface area (Å²) in [6.45, 7) is 14.9. The standard InChI is InChI=1S/C30H40Si3/c1-31(2,3)23-25-17-19-29(21-25)33(27-13-9-7-10-14-27,28-15-11-8-12-16-28)30-20-18-26(22-30)24-32(4,5)6/h7-22,29-30H,23-24H2,1-6H3. The quantitative estimate of drug-likeness (QED) is 0.337. The van der Waals surface area contributed by atoms with Gasteiger partial charge in [0, 0.05) is 27.2 Å². The third kappa shape index (κ3) is 5.42. The number of hydrogen-bond donors (Lipinski definition) is 0. The molecule has 2 aromatic rings. The Balaban J connectivity index is 1.89. The summed E-state index contributed by atoms with van der Waals surface area (Å²) in [6.07, 6.45) is 15.3. The zero-order valence-electron chi connectivity index (χ0n) is 21.3. The van der Waals surface area contributed by atoms with Crippen molar-refractivity contribution in [3.63, 3.8) is 0 Å². The average Bonchev–Trinajstić information content (AvgIpc) is 3.38. The summed E-state index contributed by atoms with van der Waals surface area (Å²) in [5, 5.41) is 3.10. The summed E-state index contributed by atoms with van der Waals surface area (Å²) in [6, 6.07) is 25.5. The van der Waals surface area contributed by atoms with Gasteiger partial charge in [0.2, 0.25) is 0 Å². The van der Waals surface area contributed by atoms with Crippen molar-refractivity contribution < 1.29 is 0 Å². The van der Waals surface area contributed by atoms with E-state index < -0.39 is 24.2 Å². The first-order valence-corrected chi connectivity index (χ1v) is 22.0. The van der Waals surface area contributed by atoms with Crippen LogP contribution in [0, 0.1) is 0 Å². The van der Waals surface area contributed by atoms with E-state index in [0.29, 0.717) is 11.1 Å². The number of allylic oxidation sites excluding steroid dienone is 8. The molecule has 2 aliphatic carbocycles. The number of rotatable bonds is 8.